The lowest BCUT2D eigenvalue weighted by Crippen LogP contribution is -2.52. The number of nitrogens with one attached hydrogen (secondary N) is 1. The van der Waals surface area contributed by atoms with E-state index in [1.54, 1.807) is 17.2 Å². The maximum absolute atomic E-state index is 12.2. The van der Waals surface area contributed by atoms with Crippen LogP contribution in [0.25, 0.3) is 0 Å². The molecule has 7 nitrogen and oxygen atoms in total. The van der Waals surface area contributed by atoms with Crippen molar-refractivity contribution in [2.75, 3.05) is 45.8 Å². The Labute approximate surface area is 123 Å². The molecule has 0 spiro atoms. The number of rotatable bonds is 3. The van der Waals surface area contributed by atoms with Crippen LogP contribution in [0.4, 0.5) is 0 Å². The van der Waals surface area contributed by atoms with Gasteiger partial charge in [0.2, 0.25) is 5.91 Å². The van der Waals surface area contributed by atoms with E-state index in [0.29, 0.717) is 38.4 Å². The van der Waals surface area contributed by atoms with Gasteiger partial charge in [-0.2, -0.15) is 5.10 Å². The highest BCUT2D eigenvalue weighted by Gasteiger charge is 2.26. The van der Waals surface area contributed by atoms with Gasteiger partial charge in [0.15, 0.2) is 0 Å². The maximum Gasteiger partial charge on any atom is 0.271 e. The normalized spacial score (nSPS) is 20.0. The number of carbonyl (C=O) groups excluding carboxylic acids is 2. The molecule has 0 saturated carbocycles. The molecule has 0 aliphatic carbocycles. The number of likely N-dealkylation sites (tertiary alicyclic amines) is 1. The van der Waals surface area contributed by atoms with Gasteiger partial charge in [0.25, 0.3) is 5.91 Å². The number of amides is 2. The predicted molar refractivity (Wildman–Crippen MR) is 76.7 cm³/mol. The number of carbonyl (C=O) groups is 2. The van der Waals surface area contributed by atoms with Crippen LogP contribution in [-0.4, -0.2) is 82.5 Å². The molecule has 21 heavy (non-hydrogen) atoms. The van der Waals surface area contributed by atoms with Crippen LogP contribution < -0.4 is 0 Å². The fraction of sp³-hybridized carbons (Fsp3) is 0.643. The van der Waals surface area contributed by atoms with Gasteiger partial charge in [-0.1, -0.05) is 0 Å². The second kappa shape index (κ2) is 6.26. The Balaban J connectivity index is 1.48. The maximum atomic E-state index is 12.2. The highest BCUT2D eigenvalue weighted by molar-refractivity contribution is 5.92. The van der Waals surface area contributed by atoms with Gasteiger partial charge in [-0.05, 0) is 32.0 Å². The number of piperazine rings is 1. The molecule has 0 bridgehead atoms. The Bertz CT molecular complexity index is 487. The van der Waals surface area contributed by atoms with Crippen molar-refractivity contribution in [3.8, 4) is 0 Å². The molecule has 1 N–H and O–H groups in total. The topological polar surface area (TPSA) is 72.5 Å². The zero-order chi connectivity index (χ0) is 14.7. The number of aromatic amines is 1. The fourth-order valence-corrected chi connectivity index (χ4v) is 2.94. The summed E-state index contributed by atoms with van der Waals surface area (Å²) in [6.07, 6.45) is 3.96. The van der Waals surface area contributed by atoms with E-state index in [2.05, 4.69) is 15.1 Å². The molecule has 3 heterocycles. The van der Waals surface area contributed by atoms with E-state index in [1.165, 1.54) is 12.8 Å². The lowest BCUT2D eigenvalue weighted by Gasteiger charge is -2.35. The third kappa shape index (κ3) is 3.24. The minimum Gasteiger partial charge on any atom is -0.338 e. The second-order valence-electron chi connectivity index (χ2n) is 5.63. The molecule has 0 radical (unpaired) electrons. The van der Waals surface area contributed by atoms with Crippen molar-refractivity contribution >= 4 is 11.8 Å². The molecule has 3 rings (SSSR count). The standard InChI is InChI=1S/C14H21N5O2/c20-13(11-17-5-1-2-6-17)18-7-9-19(10-8-18)14(21)12-3-4-15-16-12/h3-4H,1-2,5-11H2,(H,15,16). The number of hydrogen-bond acceptors (Lipinski definition) is 4. The van der Waals surface area contributed by atoms with Crippen LogP contribution in [0.1, 0.15) is 23.3 Å². The van der Waals surface area contributed by atoms with Crippen LogP contribution in [0.3, 0.4) is 0 Å². The summed E-state index contributed by atoms with van der Waals surface area (Å²) in [6, 6.07) is 1.67. The summed E-state index contributed by atoms with van der Waals surface area (Å²) in [6.45, 7) is 4.99. The molecule has 0 aromatic carbocycles. The molecular weight excluding hydrogens is 270 g/mol. The van der Waals surface area contributed by atoms with Gasteiger partial charge < -0.3 is 9.80 Å². The fourth-order valence-electron chi connectivity index (χ4n) is 2.94. The number of aromatic nitrogens is 2. The minimum absolute atomic E-state index is 0.0425. The van der Waals surface area contributed by atoms with Crippen LogP contribution >= 0.6 is 0 Å². The smallest absolute Gasteiger partial charge is 0.271 e. The van der Waals surface area contributed by atoms with E-state index in [0.717, 1.165) is 13.1 Å². The van der Waals surface area contributed by atoms with Gasteiger partial charge in [-0.25, -0.2) is 0 Å². The molecule has 114 valence electrons. The Morgan fingerprint density at radius 3 is 2.33 bits per heavy atom. The highest BCUT2D eigenvalue weighted by Crippen LogP contribution is 2.10. The number of H-pyrrole nitrogens is 1. The Morgan fingerprint density at radius 1 is 1.05 bits per heavy atom. The number of hydrogen-bond donors (Lipinski definition) is 1. The molecule has 0 atom stereocenters. The predicted octanol–water partition coefficient (Wildman–Crippen LogP) is -0.210. The van der Waals surface area contributed by atoms with Gasteiger partial charge in [0, 0.05) is 32.4 Å². The van der Waals surface area contributed by atoms with Gasteiger partial charge in [0.05, 0.1) is 6.54 Å². The molecule has 2 aliphatic rings. The average molecular weight is 291 g/mol. The van der Waals surface area contributed by atoms with Crippen molar-refractivity contribution in [3.05, 3.63) is 18.0 Å². The first-order chi connectivity index (χ1) is 10.2. The lowest BCUT2D eigenvalue weighted by atomic mass is 10.2. The lowest BCUT2D eigenvalue weighted by molar-refractivity contribution is -0.133. The van der Waals surface area contributed by atoms with Crippen LogP contribution in [0.15, 0.2) is 12.3 Å². The van der Waals surface area contributed by atoms with Crippen LogP contribution in [0, 0.1) is 0 Å². The third-order valence-corrected chi connectivity index (χ3v) is 4.21. The quantitative estimate of drug-likeness (QED) is 0.836. The van der Waals surface area contributed by atoms with E-state index in [4.69, 9.17) is 0 Å². The highest BCUT2D eigenvalue weighted by atomic mass is 16.2. The first-order valence-electron chi connectivity index (χ1n) is 7.53. The summed E-state index contributed by atoms with van der Waals surface area (Å²) in [5.74, 6) is 0.143. The Hall–Kier alpha value is -1.89. The molecule has 2 aliphatic heterocycles. The first-order valence-corrected chi connectivity index (χ1v) is 7.53. The molecule has 2 fully saturated rings. The monoisotopic (exact) mass is 291 g/mol. The van der Waals surface area contributed by atoms with Gasteiger partial charge >= 0.3 is 0 Å². The Kier molecular flexibility index (Phi) is 4.19. The zero-order valence-electron chi connectivity index (χ0n) is 12.1. The van der Waals surface area contributed by atoms with Crippen LogP contribution in [0.5, 0.6) is 0 Å². The average Bonchev–Trinajstić information content (AvgIpc) is 3.20. The Morgan fingerprint density at radius 2 is 1.71 bits per heavy atom. The van der Waals surface area contributed by atoms with Gasteiger partial charge in [-0.15, -0.1) is 0 Å². The van der Waals surface area contributed by atoms with Crippen molar-refractivity contribution in [2.45, 2.75) is 12.8 Å². The molecular formula is C14H21N5O2. The number of nitrogens with zero attached hydrogens (tertiary/aromatic N) is 4. The first kappa shape index (κ1) is 14.1. The van der Waals surface area contributed by atoms with Crippen molar-refractivity contribution in [3.63, 3.8) is 0 Å². The summed E-state index contributed by atoms with van der Waals surface area (Å²) >= 11 is 0. The van der Waals surface area contributed by atoms with Crippen molar-refractivity contribution < 1.29 is 9.59 Å². The van der Waals surface area contributed by atoms with Crippen LogP contribution in [-0.2, 0) is 4.79 Å². The summed E-state index contributed by atoms with van der Waals surface area (Å²) < 4.78 is 0. The van der Waals surface area contributed by atoms with Crippen molar-refractivity contribution in [1.82, 2.24) is 24.9 Å². The molecule has 1 aromatic rings. The van der Waals surface area contributed by atoms with Gasteiger partial charge in [0.1, 0.15) is 5.69 Å². The summed E-state index contributed by atoms with van der Waals surface area (Å²) in [4.78, 5) is 30.2. The van der Waals surface area contributed by atoms with E-state index < -0.39 is 0 Å². The van der Waals surface area contributed by atoms with E-state index >= 15 is 0 Å². The van der Waals surface area contributed by atoms with E-state index in [1.807, 2.05) is 4.90 Å². The van der Waals surface area contributed by atoms with Crippen LogP contribution in [0.2, 0.25) is 0 Å². The van der Waals surface area contributed by atoms with Crippen molar-refractivity contribution in [1.29, 1.82) is 0 Å². The van der Waals surface area contributed by atoms with E-state index in [-0.39, 0.29) is 11.8 Å². The van der Waals surface area contributed by atoms with E-state index in [9.17, 15) is 9.59 Å². The minimum atomic E-state index is -0.0425. The molecule has 2 amide bonds. The van der Waals surface area contributed by atoms with Crippen molar-refractivity contribution in [2.24, 2.45) is 0 Å². The summed E-state index contributed by atoms with van der Waals surface area (Å²) in [5.41, 5.74) is 0.506. The SMILES string of the molecule is O=C(CN1CCCC1)N1CCN(C(=O)c2ccn[nH]2)CC1. The molecule has 2 saturated heterocycles. The molecule has 7 heteroatoms. The molecule has 1 aromatic heterocycles. The second-order valence-corrected chi connectivity index (χ2v) is 5.63. The zero-order valence-corrected chi connectivity index (χ0v) is 12.1. The van der Waals surface area contributed by atoms with Gasteiger partial charge in [-0.3, -0.25) is 19.6 Å². The summed E-state index contributed by atoms with van der Waals surface area (Å²) in [7, 11) is 0. The summed E-state index contributed by atoms with van der Waals surface area (Å²) in [5, 5.41) is 6.48. The molecule has 0 unspecified atom stereocenters. The largest absolute Gasteiger partial charge is 0.338 e. The third-order valence-electron chi connectivity index (χ3n) is 4.21.